The van der Waals surface area contributed by atoms with E-state index in [4.69, 9.17) is 0 Å². The van der Waals surface area contributed by atoms with E-state index in [1.165, 1.54) is 5.56 Å². The Morgan fingerprint density at radius 2 is 1.87 bits per heavy atom. The van der Waals surface area contributed by atoms with E-state index in [9.17, 15) is 5.11 Å². The highest BCUT2D eigenvalue weighted by Crippen LogP contribution is 2.29. The highest BCUT2D eigenvalue weighted by molar-refractivity contribution is 5.51. The van der Waals surface area contributed by atoms with E-state index < -0.39 is 0 Å². The van der Waals surface area contributed by atoms with Crippen molar-refractivity contribution in [1.82, 2.24) is 4.90 Å². The van der Waals surface area contributed by atoms with Crippen molar-refractivity contribution < 1.29 is 5.11 Å². The topological polar surface area (TPSA) is 26.7 Å². The van der Waals surface area contributed by atoms with Gasteiger partial charge in [0.15, 0.2) is 0 Å². The maximum Gasteiger partial charge on any atom is 0.117 e. The number of phenolic OH excluding ortho intramolecular Hbond substituents is 1. The molecule has 3 nitrogen and oxygen atoms in total. The lowest BCUT2D eigenvalue weighted by molar-refractivity contribution is 0.160. The van der Waals surface area contributed by atoms with Gasteiger partial charge in [0.25, 0.3) is 0 Å². The fourth-order valence-corrected chi connectivity index (χ4v) is 3.70. The zero-order valence-electron chi connectivity index (χ0n) is 14.0. The fraction of sp³-hybridized carbons (Fsp3) is 0.400. The highest BCUT2D eigenvalue weighted by Gasteiger charge is 2.28. The summed E-state index contributed by atoms with van der Waals surface area (Å²) in [4.78, 5) is 4.99. The van der Waals surface area contributed by atoms with Crippen LogP contribution in [0.2, 0.25) is 0 Å². The second-order valence-corrected chi connectivity index (χ2v) is 6.39. The number of nitrogens with zero attached hydrogens (tertiary/aromatic N) is 2. The molecule has 2 unspecified atom stereocenters. The third kappa shape index (κ3) is 3.50. The third-order valence-electron chi connectivity index (χ3n) is 4.83. The smallest absolute Gasteiger partial charge is 0.117 e. The van der Waals surface area contributed by atoms with Crippen LogP contribution < -0.4 is 4.90 Å². The van der Waals surface area contributed by atoms with Crippen LogP contribution in [0.1, 0.15) is 31.9 Å². The first-order valence-electron chi connectivity index (χ1n) is 8.53. The summed E-state index contributed by atoms with van der Waals surface area (Å²) in [6.07, 6.45) is 1.13. The van der Waals surface area contributed by atoms with Crippen LogP contribution >= 0.6 is 0 Å². The molecule has 1 fully saturated rings. The maximum absolute atomic E-state index is 9.72. The zero-order valence-corrected chi connectivity index (χ0v) is 14.0. The van der Waals surface area contributed by atoms with Crippen LogP contribution in [0.25, 0.3) is 0 Å². The number of rotatable bonds is 4. The molecule has 0 saturated carbocycles. The van der Waals surface area contributed by atoms with Gasteiger partial charge in [-0.2, -0.15) is 0 Å². The maximum atomic E-state index is 9.72. The van der Waals surface area contributed by atoms with Crippen LogP contribution in [0.3, 0.4) is 0 Å². The van der Waals surface area contributed by atoms with Crippen LogP contribution in [-0.4, -0.2) is 35.7 Å². The van der Waals surface area contributed by atoms with E-state index in [0.29, 0.717) is 17.8 Å². The van der Waals surface area contributed by atoms with Gasteiger partial charge in [0.05, 0.1) is 0 Å². The van der Waals surface area contributed by atoms with Crippen LogP contribution in [0.15, 0.2) is 54.6 Å². The van der Waals surface area contributed by atoms with Crippen molar-refractivity contribution in [3.05, 3.63) is 60.2 Å². The van der Waals surface area contributed by atoms with Crippen molar-refractivity contribution in [2.24, 2.45) is 0 Å². The second-order valence-electron chi connectivity index (χ2n) is 6.39. The van der Waals surface area contributed by atoms with Gasteiger partial charge < -0.3 is 10.0 Å². The Kier molecular flexibility index (Phi) is 4.87. The van der Waals surface area contributed by atoms with Crippen LogP contribution in [-0.2, 0) is 0 Å². The summed E-state index contributed by atoms with van der Waals surface area (Å²) in [5.74, 6) is 0.341. The summed E-state index contributed by atoms with van der Waals surface area (Å²) >= 11 is 0. The Bertz CT molecular complexity index is 629. The Hall–Kier alpha value is -2.00. The molecule has 2 aromatic rings. The molecule has 2 atom stereocenters. The molecule has 3 rings (SSSR count). The second kappa shape index (κ2) is 7.05. The molecule has 1 aliphatic heterocycles. The molecular formula is C20H26N2O. The number of phenols is 1. The molecule has 122 valence electrons. The molecule has 3 heteroatoms. The number of aromatic hydroxyl groups is 1. The van der Waals surface area contributed by atoms with Crippen molar-refractivity contribution >= 4 is 5.69 Å². The molecule has 0 bridgehead atoms. The van der Waals surface area contributed by atoms with Crippen LogP contribution in [0.5, 0.6) is 5.75 Å². The van der Waals surface area contributed by atoms with Gasteiger partial charge in [-0.15, -0.1) is 0 Å². The fourth-order valence-electron chi connectivity index (χ4n) is 3.70. The molecule has 0 aromatic heterocycles. The number of piperazine rings is 1. The van der Waals surface area contributed by atoms with E-state index in [-0.39, 0.29) is 0 Å². The summed E-state index contributed by atoms with van der Waals surface area (Å²) in [5.41, 5.74) is 2.53. The van der Waals surface area contributed by atoms with Crippen molar-refractivity contribution in [3.63, 3.8) is 0 Å². The Morgan fingerprint density at radius 3 is 2.52 bits per heavy atom. The standard InChI is InChI=1S/C20H26N2O/c1-3-20(17-8-5-4-6-9-17)21-12-13-22(16(2)15-21)18-10-7-11-19(23)14-18/h4-11,14,16,20,23H,3,12-13,15H2,1-2H3. The first kappa shape index (κ1) is 15.9. The monoisotopic (exact) mass is 310 g/mol. The van der Waals surface area contributed by atoms with E-state index in [0.717, 1.165) is 31.7 Å². The predicted molar refractivity (Wildman–Crippen MR) is 96.0 cm³/mol. The zero-order chi connectivity index (χ0) is 16.2. The Balaban J connectivity index is 1.73. The Labute approximate surface area is 139 Å². The summed E-state index contributed by atoms with van der Waals surface area (Å²) < 4.78 is 0. The van der Waals surface area contributed by atoms with E-state index in [1.54, 1.807) is 6.07 Å². The molecule has 0 radical (unpaired) electrons. The molecule has 1 heterocycles. The van der Waals surface area contributed by atoms with Gasteiger partial charge in [0, 0.05) is 43.5 Å². The lowest BCUT2D eigenvalue weighted by Gasteiger charge is -2.44. The predicted octanol–water partition coefficient (Wildman–Crippen LogP) is 4.05. The number of hydrogen-bond acceptors (Lipinski definition) is 3. The van der Waals surface area contributed by atoms with Gasteiger partial charge in [-0.3, -0.25) is 4.90 Å². The minimum absolute atomic E-state index is 0.341. The van der Waals surface area contributed by atoms with E-state index in [1.807, 2.05) is 12.1 Å². The first-order chi connectivity index (χ1) is 11.2. The molecular weight excluding hydrogens is 284 g/mol. The highest BCUT2D eigenvalue weighted by atomic mass is 16.3. The molecule has 2 aromatic carbocycles. The summed E-state index contributed by atoms with van der Waals surface area (Å²) in [6.45, 7) is 7.63. The van der Waals surface area contributed by atoms with Crippen LogP contribution in [0.4, 0.5) is 5.69 Å². The largest absolute Gasteiger partial charge is 0.508 e. The van der Waals surface area contributed by atoms with Gasteiger partial charge in [0.2, 0.25) is 0 Å². The molecule has 1 saturated heterocycles. The van der Waals surface area contributed by atoms with Crippen molar-refractivity contribution in [1.29, 1.82) is 0 Å². The summed E-state index contributed by atoms with van der Waals surface area (Å²) in [6, 6.07) is 19.3. The van der Waals surface area contributed by atoms with Gasteiger partial charge in [-0.1, -0.05) is 43.3 Å². The van der Waals surface area contributed by atoms with Gasteiger partial charge >= 0.3 is 0 Å². The van der Waals surface area contributed by atoms with Crippen LogP contribution in [0, 0.1) is 0 Å². The van der Waals surface area contributed by atoms with Crippen molar-refractivity contribution in [2.75, 3.05) is 24.5 Å². The normalized spacial score (nSPS) is 20.4. The molecule has 23 heavy (non-hydrogen) atoms. The van der Waals surface area contributed by atoms with E-state index >= 15 is 0 Å². The molecule has 0 aliphatic carbocycles. The lowest BCUT2D eigenvalue weighted by Crippen LogP contribution is -2.52. The SMILES string of the molecule is CCC(c1ccccc1)N1CCN(c2cccc(O)c2)C(C)C1. The molecule has 0 spiro atoms. The number of anilines is 1. The average molecular weight is 310 g/mol. The molecule has 1 aliphatic rings. The minimum Gasteiger partial charge on any atom is -0.508 e. The van der Waals surface area contributed by atoms with Crippen molar-refractivity contribution in [2.45, 2.75) is 32.4 Å². The van der Waals surface area contributed by atoms with E-state index in [2.05, 4.69) is 60.0 Å². The lowest BCUT2D eigenvalue weighted by atomic mass is 10.0. The average Bonchev–Trinajstić information content (AvgIpc) is 2.57. The number of benzene rings is 2. The van der Waals surface area contributed by atoms with Gasteiger partial charge in [-0.25, -0.2) is 0 Å². The molecule has 0 amide bonds. The van der Waals surface area contributed by atoms with Gasteiger partial charge in [-0.05, 0) is 31.0 Å². The summed E-state index contributed by atoms with van der Waals surface area (Å²) in [5, 5.41) is 9.72. The van der Waals surface area contributed by atoms with Gasteiger partial charge in [0.1, 0.15) is 5.75 Å². The summed E-state index contributed by atoms with van der Waals surface area (Å²) in [7, 11) is 0. The number of hydrogen-bond donors (Lipinski definition) is 1. The first-order valence-corrected chi connectivity index (χ1v) is 8.53. The minimum atomic E-state index is 0.341. The quantitative estimate of drug-likeness (QED) is 0.923. The Morgan fingerprint density at radius 1 is 1.09 bits per heavy atom. The van der Waals surface area contributed by atoms with Crippen molar-refractivity contribution in [3.8, 4) is 5.75 Å². The molecule has 1 N–H and O–H groups in total. The third-order valence-corrected chi connectivity index (χ3v) is 4.83.